The van der Waals surface area contributed by atoms with Crippen LogP contribution in [0.25, 0.3) is 28.0 Å². The molecule has 0 aliphatic carbocycles. The molecule has 44 heavy (non-hydrogen) atoms. The number of carbonyl (C=O) groups excluding carboxylic acids is 1. The Kier molecular flexibility index (Phi) is 8.54. The molecule has 0 spiro atoms. The molecule has 3 aromatic carbocycles. The van der Waals surface area contributed by atoms with Crippen molar-refractivity contribution in [2.24, 2.45) is 5.10 Å². The van der Waals surface area contributed by atoms with Crippen LogP contribution in [0.2, 0.25) is 0 Å². The maximum atomic E-state index is 13.9. The molecule has 0 atom stereocenters. The van der Waals surface area contributed by atoms with E-state index in [1.54, 1.807) is 18.3 Å². The van der Waals surface area contributed by atoms with Gasteiger partial charge in [0.1, 0.15) is 5.75 Å². The van der Waals surface area contributed by atoms with Crippen molar-refractivity contribution in [2.45, 2.75) is 54.4 Å². The Morgan fingerprint density at radius 2 is 1.77 bits per heavy atom. The highest BCUT2D eigenvalue weighted by atomic mass is 16.5. The van der Waals surface area contributed by atoms with Gasteiger partial charge in [0.05, 0.1) is 36.4 Å². The number of carbonyl (C=O) groups is 1. The van der Waals surface area contributed by atoms with Crippen LogP contribution in [0.5, 0.6) is 5.75 Å². The van der Waals surface area contributed by atoms with E-state index in [0.717, 1.165) is 50.6 Å². The summed E-state index contributed by atoms with van der Waals surface area (Å²) in [6.07, 6.45) is 1.70. The van der Waals surface area contributed by atoms with E-state index in [1.165, 1.54) is 11.8 Å². The Labute approximate surface area is 257 Å². The molecule has 0 aliphatic rings. The molecule has 226 valence electrons. The zero-order chi connectivity index (χ0) is 31.7. The number of fused-ring (bicyclic) bond motifs is 1. The fraction of sp³-hybridized carbons (Fsp3) is 0.278. The molecule has 0 saturated heterocycles. The first-order chi connectivity index (χ1) is 21.1. The van der Waals surface area contributed by atoms with Gasteiger partial charge in [0.2, 0.25) is 0 Å². The number of esters is 1. The lowest BCUT2D eigenvalue weighted by atomic mass is 9.96. The van der Waals surface area contributed by atoms with Gasteiger partial charge in [-0.2, -0.15) is 9.78 Å². The minimum Gasteiger partial charge on any atom is -0.494 e. The largest absolute Gasteiger partial charge is 0.494 e. The van der Waals surface area contributed by atoms with Crippen molar-refractivity contribution in [3.05, 3.63) is 110 Å². The summed E-state index contributed by atoms with van der Waals surface area (Å²) in [5.74, 6) is 1.12. The summed E-state index contributed by atoms with van der Waals surface area (Å²) in [5, 5.41) is 5.25. The lowest BCUT2D eigenvalue weighted by molar-refractivity contribution is 0.0600. The van der Waals surface area contributed by atoms with Crippen molar-refractivity contribution in [3.8, 4) is 22.8 Å². The van der Waals surface area contributed by atoms with Crippen molar-refractivity contribution in [1.29, 1.82) is 0 Å². The summed E-state index contributed by atoms with van der Waals surface area (Å²) in [6.45, 7) is 14.7. The highest BCUT2D eigenvalue weighted by Crippen LogP contribution is 2.34. The summed E-state index contributed by atoms with van der Waals surface area (Å²) < 4.78 is 14.4. The van der Waals surface area contributed by atoms with Crippen LogP contribution in [0.4, 0.5) is 0 Å². The average molecular weight is 591 g/mol. The lowest BCUT2D eigenvalue weighted by Gasteiger charge is -2.18. The number of nitrogens with zero attached hydrogens (tertiary/aromatic N) is 4. The van der Waals surface area contributed by atoms with E-state index in [0.29, 0.717) is 28.9 Å². The summed E-state index contributed by atoms with van der Waals surface area (Å²) in [5.41, 5.74) is 8.06. The molecule has 0 radical (unpaired) electrons. The molecule has 2 heterocycles. The quantitative estimate of drug-likeness (QED) is 0.140. The molecule has 0 aliphatic heterocycles. The third-order valence-electron chi connectivity index (χ3n) is 8.01. The fourth-order valence-electron chi connectivity index (χ4n) is 5.68. The fourth-order valence-corrected chi connectivity index (χ4v) is 5.68. The van der Waals surface area contributed by atoms with Crippen molar-refractivity contribution in [3.63, 3.8) is 0 Å². The monoisotopic (exact) mass is 590 g/mol. The summed E-state index contributed by atoms with van der Waals surface area (Å²) in [6, 6.07) is 19.0. The smallest absolute Gasteiger partial charge is 0.338 e. The van der Waals surface area contributed by atoms with Crippen molar-refractivity contribution in [1.82, 2.24) is 14.2 Å². The maximum Gasteiger partial charge on any atom is 0.338 e. The molecule has 8 nitrogen and oxygen atoms in total. The third-order valence-corrected chi connectivity index (χ3v) is 8.01. The summed E-state index contributed by atoms with van der Waals surface area (Å²) in [4.78, 5) is 31.2. The minimum atomic E-state index is -0.380. The second-order valence-electron chi connectivity index (χ2n) is 11.2. The first-order valence-corrected chi connectivity index (χ1v) is 14.8. The van der Waals surface area contributed by atoms with Crippen LogP contribution >= 0.6 is 0 Å². The zero-order valence-electron chi connectivity index (χ0n) is 26.6. The summed E-state index contributed by atoms with van der Waals surface area (Å²) in [7, 11) is 1.38. The van der Waals surface area contributed by atoms with Crippen LogP contribution < -0.4 is 10.3 Å². The van der Waals surface area contributed by atoms with Crippen molar-refractivity contribution < 1.29 is 14.3 Å². The number of benzene rings is 3. The van der Waals surface area contributed by atoms with Gasteiger partial charge in [-0.1, -0.05) is 32.0 Å². The first-order valence-electron chi connectivity index (χ1n) is 14.8. The van der Waals surface area contributed by atoms with Gasteiger partial charge in [-0.3, -0.25) is 4.79 Å². The number of hydrogen-bond acceptors (Lipinski definition) is 6. The Morgan fingerprint density at radius 1 is 1.02 bits per heavy atom. The van der Waals surface area contributed by atoms with Gasteiger partial charge in [0, 0.05) is 28.2 Å². The van der Waals surface area contributed by atoms with Gasteiger partial charge in [0.15, 0.2) is 5.82 Å². The van der Waals surface area contributed by atoms with E-state index in [2.05, 4.69) is 24.5 Å². The second kappa shape index (κ2) is 12.3. The minimum absolute atomic E-state index is 0.201. The molecule has 0 N–H and O–H groups in total. The molecule has 2 aromatic heterocycles. The van der Waals surface area contributed by atoms with E-state index in [1.807, 2.05) is 77.1 Å². The number of methoxy groups -OCH3 is 1. The van der Waals surface area contributed by atoms with Gasteiger partial charge in [-0.15, -0.1) is 0 Å². The second-order valence-corrected chi connectivity index (χ2v) is 11.2. The molecule has 0 amide bonds. The van der Waals surface area contributed by atoms with Crippen molar-refractivity contribution >= 4 is 23.1 Å². The van der Waals surface area contributed by atoms with Crippen LogP contribution in [0.15, 0.2) is 70.6 Å². The number of aromatic nitrogens is 3. The Bertz CT molecular complexity index is 1980. The molecule has 0 saturated carbocycles. The van der Waals surface area contributed by atoms with Crippen LogP contribution in [0.1, 0.15) is 70.7 Å². The SMILES string of the molecule is CCOc1cc(C)c(-c2nc3ccccc3c(=O)n2N=Cc2cc(C)n(-c3cccc(C(=O)OC)c3C)c2C)cc1C(C)C. The highest BCUT2D eigenvalue weighted by Gasteiger charge is 2.20. The predicted molar refractivity (Wildman–Crippen MR) is 176 cm³/mol. The lowest BCUT2D eigenvalue weighted by Crippen LogP contribution is -2.21. The van der Waals surface area contributed by atoms with Gasteiger partial charge in [0.25, 0.3) is 5.56 Å². The van der Waals surface area contributed by atoms with E-state index >= 15 is 0 Å². The van der Waals surface area contributed by atoms with E-state index < -0.39 is 0 Å². The number of ether oxygens (including phenoxy) is 2. The normalized spacial score (nSPS) is 11.6. The molecule has 0 unspecified atom stereocenters. The molecule has 8 heteroatoms. The third kappa shape index (κ3) is 5.43. The Hall–Kier alpha value is -4.98. The molecule has 0 bridgehead atoms. The molecule has 0 fully saturated rings. The van der Waals surface area contributed by atoms with Gasteiger partial charge in [-0.05, 0) is 99.7 Å². The number of rotatable bonds is 8. The van der Waals surface area contributed by atoms with E-state index in [9.17, 15) is 9.59 Å². The van der Waals surface area contributed by atoms with E-state index in [4.69, 9.17) is 19.6 Å². The number of para-hydroxylation sites is 1. The molecule has 5 aromatic rings. The number of aryl methyl sites for hydroxylation is 2. The highest BCUT2D eigenvalue weighted by molar-refractivity contribution is 5.92. The Morgan fingerprint density at radius 3 is 2.48 bits per heavy atom. The summed E-state index contributed by atoms with van der Waals surface area (Å²) >= 11 is 0. The van der Waals surface area contributed by atoms with Crippen LogP contribution in [0, 0.1) is 27.7 Å². The number of hydrogen-bond donors (Lipinski definition) is 0. The standard InChI is InChI=1S/C36H38N4O4/c1-9-44-33-17-22(4)30(19-29(33)21(2)3)34-38-31-15-11-10-13-28(31)35(41)40(34)37-20-26-18-23(5)39(25(26)7)32-16-12-14-27(24(32)6)36(42)43-8/h10-21H,9H2,1-8H3. The average Bonchev–Trinajstić information content (AvgIpc) is 3.28. The molecular weight excluding hydrogens is 552 g/mol. The van der Waals surface area contributed by atoms with Crippen LogP contribution in [-0.4, -0.2) is 40.1 Å². The molecule has 5 rings (SSSR count). The van der Waals surface area contributed by atoms with Gasteiger partial charge in [-0.25, -0.2) is 9.78 Å². The van der Waals surface area contributed by atoms with Crippen molar-refractivity contribution in [2.75, 3.05) is 13.7 Å². The first kappa shape index (κ1) is 30.5. The van der Waals surface area contributed by atoms with Gasteiger partial charge >= 0.3 is 5.97 Å². The zero-order valence-corrected chi connectivity index (χ0v) is 26.6. The van der Waals surface area contributed by atoms with Gasteiger partial charge < -0.3 is 14.0 Å². The Balaban J connectivity index is 1.69. The predicted octanol–water partition coefficient (Wildman–Crippen LogP) is 7.28. The maximum absolute atomic E-state index is 13.9. The van der Waals surface area contributed by atoms with E-state index in [-0.39, 0.29) is 17.4 Å². The molecular formula is C36H38N4O4. The van der Waals surface area contributed by atoms with Crippen LogP contribution in [-0.2, 0) is 4.74 Å². The topological polar surface area (TPSA) is 87.7 Å². The van der Waals surface area contributed by atoms with Crippen LogP contribution in [0.3, 0.4) is 0 Å².